The molecule has 1 aliphatic rings. The highest BCUT2D eigenvalue weighted by molar-refractivity contribution is 7.84. The van der Waals surface area contributed by atoms with E-state index in [1.54, 1.807) is 6.26 Å². The zero-order chi connectivity index (χ0) is 17.3. The van der Waals surface area contributed by atoms with Gasteiger partial charge in [-0.15, -0.1) is 0 Å². The van der Waals surface area contributed by atoms with Crippen LogP contribution in [0.25, 0.3) is 5.57 Å². The number of carbonyl (C=O) groups excluding carboxylic acids is 1. The summed E-state index contributed by atoms with van der Waals surface area (Å²) in [6.45, 7) is 2.02. The second-order valence-electron chi connectivity index (χ2n) is 6.12. The van der Waals surface area contributed by atoms with Crippen molar-refractivity contribution in [3.63, 3.8) is 0 Å². The Morgan fingerprint density at radius 1 is 1.17 bits per heavy atom. The predicted molar refractivity (Wildman–Crippen MR) is 94.9 cm³/mol. The molecule has 0 N–H and O–H groups in total. The van der Waals surface area contributed by atoms with E-state index in [0.29, 0.717) is 6.42 Å². The van der Waals surface area contributed by atoms with Crippen LogP contribution in [0.4, 0.5) is 4.39 Å². The molecule has 4 heteroatoms. The molecule has 0 saturated heterocycles. The van der Waals surface area contributed by atoms with Crippen LogP contribution in [0.15, 0.2) is 52.9 Å². The number of aldehydes is 1. The second-order valence-corrected chi connectivity index (χ2v) is 7.50. The lowest BCUT2D eigenvalue weighted by Crippen LogP contribution is -2.02. The Kier molecular flexibility index (Phi) is 4.76. The predicted octanol–water partition coefficient (Wildman–Crippen LogP) is 4.27. The molecule has 0 spiro atoms. The number of halogens is 1. The zero-order valence-electron chi connectivity index (χ0n) is 13.7. The molecule has 3 rings (SSSR count). The van der Waals surface area contributed by atoms with Crippen LogP contribution >= 0.6 is 0 Å². The average molecular weight is 342 g/mol. The van der Waals surface area contributed by atoms with Crippen LogP contribution in [0.3, 0.4) is 0 Å². The fraction of sp³-hybridized carbons (Fsp3) is 0.250. The molecule has 124 valence electrons. The van der Waals surface area contributed by atoms with Crippen molar-refractivity contribution in [2.45, 2.75) is 30.6 Å². The zero-order valence-corrected chi connectivity index (χ0v) is 14.5. The van der Waals surface area contributed by atoms with Crippen molar-refractivity contribution in [2.75, 3.05) is 6.26 Å². The van der Waals surface area contributed by atoms with Gasteiger partial charge in [-0.05, 0) is 59.9 Å². The molecule has 2 aromatic rings. The minimum absolute atomic E-state index is 0.147. The van der Waals surface area contributed by atoms with Crippen molar-refractivity contribution in [1.29, 1.82) is 0 Å². The van der Waals surface area contributed by atoms with E-state index in [2.05, 4.69) is 0 Å². The fourth-order valence-electron chi connectivity index (χ4n) is 3.42. The summed E-state index contributed by atoms with van der Waals surface area (Å²) in [5, 5.41) is 0. The summed E-state index contributed by atoms with van der Waals surface area (Å²) in [7, 11) is -0.985. The molecule has 1 aliphatic carbocycles. The molecule has 2 atom stereocenters. The SMILES string of the molecule is CC1=C(CC=O)c2cc(F)ccc2C1Cc1ccc(S(C)=O)cc1. The molecule has 24 heavy (non-hydrogen) atoms. The molecule has 0 saturated carbocycles. The summed E-state index contributed by atoms with van der Waals surface area (Å²) in [5.74, 6) is -0.131. The Balaban J connectivity index is 1.95. The van der Waals surface area contributed by atoms with Gasteiger partial charge in [0.05, 0.1) is 0 Å². The Morgan fingerprint density at radius 2 is 1.88 bits per heavy atom. The summed E-state index contributed by atoms with van der Waals surface area (Å²) in [6.07, 6.45) is 3.63. The number of hydrogen-bond acceptors (Lipinski definition) is 2. The first kappa shape index (κ1) is 16.8. The number of rotatable bonds is 5. The number of fused-ring (bicyclic) bond motifs is 1. The maximum atomic E-state index is 13.6. The Bertz CT molecular complexity index is 837. The second kappa shape index (κ2) is 6.81. The van der Waals surface area contributed by atoms with E-state index in [1.807, 2.05) is 37.3 Å². The van der Waals surface area contributed by atoms with Gasteiger partial charge in [-0.2, -0.15) is 0 Å². The molecule has 2 aromatic carbocycles. The van der Waals surface area contributed by atoms with Crippen LogP contribution in [0.5, 0.6) is 0 Å². The van der Waals surface area contributed by atoms with Gasteiger partial charge >= 0.3 is 0 Å². The van der Waals surface area contributed by atoms with Gasteiger partial charge in [0, 0.05) is 34.3 Å². The van der Waals surface area contributed by atoms with Gasteiger partial charge in [-0.3, -0.25) is 4.21 Å². The molecule has 2 unspecified atom stereocenters. The van der Waals surface area contributed by atoms with Crippen LogP contribution in [0.2, 0.25) is 0 Å². The van der Waals surface area contributed by atoms with Gasteiger partial charge in [0.2, 0.25) is 0 Å². The molecule has 0 heterocycles. The van der Waals surface area contributed by atoms with Crippen LogP contribution in [-0.4, -0.2) is 16.8 Å². The maximum absolute atomic E-state index is 13.6. The summed E-state index contributed by atoms with van der Waals surface area (Å²) >= 11 is 0. The molecule has 0 radical (unpaired) electrons. The van der Waals surface area contributed by atoms with E-state index < -0.39 is 10.8 Å². The first-order chi connectivity index (χ1) is 11.5. The van der Waals surface area contributed by atoms with Gasteiger partial charge in [0.1, 0.15) is 12.1 Å². The lowest BCUT2D eigenvalue weighted by molar-refractivity contribution is -0.107. The molecular formula is C20H19FO2S. The number of hydrogen-bond donors (Lipinski definition) is 0. The molecule has 0 amide bonds. The Hall–Kier alpha value is -2.07. The highest BCUT2D eigenvalue weighted by atomic mass is 32.2. The van der Waals surface area contributed by atoms with Gasteiger partial charge in [0.25, 0.3) is 0 Å². The third kappa shape index (κ3) is 3.11. The van der Waals surface area contributed by atoms with E-state index in [9.17, 15) is 13.4 Å². The normalized spacial score (nSPS) is 17.7. The fourth-order valence-corrected chi connectivity index (χ4v) is 3.94. The largest absolute Gasteiger partial charge is 0.303 e. The third-order valence-corrected chi connectivity index (χ3v) is 5.63. The van der Waals surface area contributed by atoms with Crippen LogP contribution in [0.1, 0.15) is 36.0 Å². The summed E-state index contributed by atoms with van der Waals surface area (Å²) in [5.41, 5.74) is 5.14. The van der Waals surface area contributed by atoms with Crippen molar-refractivity contribution in [3.05, 3.63) is 70.5 Å². The monoisotopic (exact) mass is 342 g/mol. The van der Waals surface area contributed by atoms with Gasteiger partial charge < -0.3 is 4.79 Å². The van der Waals surface area contributed by atoms with Gasteiger partial charge in [-0.25, -0.2) is 4.39 Å². The van der Waals surface area contributed by atoms with E-state index in [4.69, 9.17) is 0 Å². The van der Waals surface area contributed by atoms with Crippen molar-refractivity contribution in [1.82, 2.24) is 0 Å². The first-order valence-electron chi connectivity index (χ1n) is 7.86. The van der Waals surface area contributed by atoms with Crippen LogP contribution < -0.4 is 0 Å². The highest BCUT2D eigenvalue weighted by Gasteiger charge is 2.28. The molecule has 0 fully saturated rings. The van der Waals surface area contributed by atoms with E-state index in [1.165, 1.54) is 12.1 Å². The Morgan fingerprint density at radius 3 is 2.50 bits per heavy atom. The lowest BCUT2D eigenvalue weighted by Gasteiger charge is -2.15. The first-order valence-corrected chi connectivity index (χ1v) is 9.42. The van der Waals surface area contributed by atoms with Crippen molar-refractivity contribution in [3.8, 4) is 0 Å². The topological polar surface area (TPSA) is 34.1 Å². The van der Waals surface area contributed by atoms with Crippen molar-refractivity contribution in [2.24, 2.45) is 0 Å². The summed E-state index contributed by atoms with van der Waals surface area (Å²) in [4.78, 5) is 11.8. The van der Waals surface area contributed by atoms with Gasteiger partial charge in [0.15, 0.2) is 0 Å². The highest BCUT2D eigenvalue weighted by Crippen LogP contribution is 2.44. The smallest absolute Gasteiger partial charge is 0.124 e. The third-order valence-electron chi connectivity index (χ3n) is 4.70. The van der Waals surface area contributed by atoms with E-state index >= 15 is 0 Å². The Labute approximate surface area is 143 Å². The molecule has 0 aromatic heterocycles. The summed E-state index contributed by atoms with van der Waals surface area (Å²) in [6, 6.07) is 12.6. The van der Waals surface area contributed by atoms with E-state index in [-0.39, 0.29) is 11.7 Å². The molecule has 0 bridgehead atoms. The quantitative estimate of drug-likeness (QED) is 0.761. The molecular weight excluding hydrogens is 323 g/mol. The lowest BCUT2D eigenvalue weighted by atomic mass is 9.90. The molecule has 0 aliphatic heterocycles. The van der Waals surface area contributed by atoms with Crippen LogP contribution in [0, 0.1) is 5.82 Å². The standard InChI is InChI=1S/C20H19FO2S/c1-13-17(9-10-22)20-12-15(21)5-8-18(20)19(13)11-14-3-6-16(7-4-14)24(2)23/h3-8,10,12,19H,9,11H2,1-2H3. The number of benzene rings is 2. The number of carbonyl (C=O) groups is 1. The minimum atomic E-state index is -0.985. The average Bonchev–Trinajstić information content (AvgIpc) is 2.81. The van der Waals surface area contributed by atoms with Gasteiger partial charge in [-0.1, -0.05) is 23.8 Å². The molecule has 2 nitrogen and oxygen atoms in total. The maximum Gasteiger partial charge on any atom is 0.124 e. The van der Waals surface area contributed by atoms with Crippen LogP contribution in [-0.2, 0) is 22.0 Å². The number of allylic oxidation sites excluding steroid dienone is 2. The van der Waals surface area contributed by atoms with E-state index in [0.717, 1.165) is 45.4 Å². The van der Waals surface area contributed by atoms with Crippen molar-refractivity contribution >= 4 is 22.7 Å². The summed E-state index contributed by atoms with van der Waals surface area (Å²) < 4.78 is 25.1. The van der Waals surface area contributed by atoms with Crippen molar-refractivity contribution < 1.29 is 13.4 Å². The minimum Gasteiger partial charge on any atom is -0.303 e.